The van der Waals surface area contributed by atoms with E-state index < -0.39 is 17.9 Å². The number of rotatable bonds is 4. The number of carbonyl (C=O) groups is 1. The molecule has 0 aliphatic carbocycles. The van der Waals surface area contributed by atoms with Crippen LogP contribution < -0.4 is 11.5 Å². The molecule has 0 saturated heterocycles. The molecule has 0 aromatic heterocycles. The van der Waals surface area contributed by atoms with E-state index in [0.717, 1.165) is 0 Å². The van der Waals surface area contributed by atoms with Crippen LogP contribution in [0.5, 0.6) is 0 Å². The molecule has 0 spiro atoms. The fraction of sp³-hybridized carbons (Fsp3) is 0.857. The zero-order chi connectivity index (χ0) is 9.78. The van der Waals surface area contributed by atoms with Crippen molar-refractivity contribution in [1.82, 2.24) is 0 Å². The highest BCUT2D eigenvalue weighted by molar-refractivity contribution is 5.65. The Labute approximate surface area is 72.0 Å². The second-order valence-corrected chi connectivity index (χ2v) is 2.90. The Morgan fingerprint density at radius 3 is 2.42 bits per heavy atom. The van der Waals surface area contributed by atoms with E-state index in [9.17, 15) is 4.79 Å². The molecule has 4 N–H and O–H groups in total. The summed E-state index contributed by atoms with van der Waals surface area (Å²) in [5, 5.41) is 0. The van der Waals surface area contributed by atoms with E-state index in [1.54, 1.807) is 20.8 Å². The van der Waals surface area contributed by atoms with Gasteiger partial charge in [-0.1, -0.05) is 0 Å². The van der Waals surface area contributed by atoms with Crippen molar-refractivity contribution in [2.45, 2.75) is 32.6 Å². The topological polar surface area (TPSA) is 87.6 Å². The van der Waals surface area contributed by atoms with E-state index in [4.69, 9.17) is 20.9 Å². The summed E-state index contributed by atoms with van der Waals surface area (Å²) in [6.07, 6.45) is -1.51. The summed E-state index contributed by atoms with van der Waals surface area (Å²) >= 11 is 0. The van der Waals surface area contributed by atoms with Crippen molar-refractivity contribution in [2.24, 2.45) is 11.5 Å². The van der Waals surface area contributed by atoms with Gasteiger partial charge in [-0.15, -0.1) is 0 Å². The van der Waals surface area contributed by atoms with Gasteiger partial charge in [0.1, 0.15) is 11.8 Å². The lowest BCUT2D eigenvalue weighted by atomic mass is 10.1. The standard InChI is InChI=1S/C7H16N2O3/c1-4-11-5(8)7(2,3)12-6(9)10/h5H,4,8H2,1-3H3,(H2,9,10). The summed E-state index contributed by atoms with van der Waals surface area (Å²) in [7, 11) is 0. The smallest absolute Gasteiger partial charge is 0.405 e. The summed E-state index contributed by atoms with van der Waals surface area (Å²) < 4.78 is 9.79. The molecule has 0 aromatic rings. The molecule has 1 unspecified atom stereocenters. The first-order chi connectivity index (χ1) is 5.40. The highest BCUT2D eigenvalue weighted by Gasteiger charge is 2.30. The zero-order valence-electron chi connectivity index (χ0n) is 7.66. The Hall–Kier alpha value is -0.810. The van der Waals surface area contributed by atoms with Crippen molar-refractivity contribution in [3.8, 4) is 0 Å². The number of carbonyl (C=O) groups excluding carboxylic acids is 1. The predicted molar refractivity (Wildman–Crippen MR) is 44.3 cm³/mol. The van der Waals surface area contributed by atoms with Crippen LogP contribution >= 0.6 is 0 Å². The van der Waals surface area contributed by atoms with Gasteiger partial charge in [-0.3, -0.25) is 0 Å². The largest absolute Gasteiger partial charge is 0.439 e. The minimum absolute atomic E-state index is 0.465. The second kappa shape index (κ2) is 4.27. The first-order valence-electron chi connectivity index (χ1n) is 3.75. The van der Waals surface area contributed by atoms with Gasteiger partial charge < -0.3 is 20.9 Å². The number of nitrogens with two attached hydrogens (primary N) is 2. The number of ether oxygens (including phenoxy) is 2. The third-order valence-corrected chi connectivity index (χ3v) is 1.40. The Bertz CT molecular complexity index is 159. The molecule has 0 saturated carbocycles. The lowest BCUT2D eigenvalue weighted by molar-refractivity contribution is -0.0847. The summed E-state index contributed by atoms with van der Waals surface area (Å²) in [6.45, 7) is 5.54. The van der Waals surface area contributed by atoms with Crippen molar-refractivity contribution >= 4 is 6.09 Å². The van der Waals surface area contributed by atoms with E-state index in [0.29, 0.717) is 6.61 Å². The number of hydrogen-bond donors (Lipinski definition) is 2. The van der Waals surface area contributed by atoms with Crippen LogP contribution in [-0.4, -0.2) is 24.5 Å². The van der Waals surface area contributed by atoms with Crippen LogP contribution in [0.4, 0.5) is 4.79 Å². The van der Waals surface area contributed by atoms with Crippen molar-refractivity contribution in [3.05, 3.63) is 0 Å². The average molecular weight is 176 g/mol. The Morgan fingerprint density at radius 2 is 2.08 bits per heavy atom. The van der Waals surface area contributed by atoms with Gasteiger partial charge in [-0.2, -0.15) is 0 Å². The molecular formula is C7H16N2O3. The van der Waals surface area contributed by atoms with Gasteiger partial charge in [0.15, 0.2) is 0 Å². The minimum Gasteiger partial charge on any atom is -0.439 e. The molecule has 0 rings (SSSR count). The summed E-state index contributed by atoms with van der Waals surface area (Å²) in [6, 6.07) is 0. The summed E-state index contributed by atoms with van der Waals surface area (Å²) in [4.78, 5) is 10.4. The van der Waals surface area contributed by atoms with Gasteiger partial charge in [-0.25, -0.2) is 4.79 Å². The Balaban J connectivity index is 4.07. The normalized spacial score (nSPS) is 14.0. The molecule has 0 aliphatic heterocycles. The molecule has 5 nitrogen and oxygen atoms in total. The highest BCUT2D eigenvalue weighted by Crippen LogP contribution is 2.13. The molecule has 1 atom stereocenters. The van der Waals surface area contributed by atoms with Gasteiger partial charge in [0.2, 0.25) is 0 Å². The maximum atomic E-state index is 10.4. The molecule has 0 bridgehead atoms. The molecule has 0 heterocycles. The molecule has 72 valence electrons. The SMILES string of the molecule is CCOC(N)C(C)(C)OC(N)=O. The van der Waals surface area contributed by atoms with Crippen LogP contribution in [-0.2, 0) is 9.47 Å². The molecule has 1 amide bonds. The van der Waals surface area contributed by atoms with Gasteiger partial charge >= 0.3 is 6.09 Å². The number of hydrogen-bond acceptors (Lipinski definition) is 4. The molecular weight excluding hydrogens is 160 g/mol. The van der Waals surface area contributed by atoms with Gasteiger partial charge in [0.25, 0.3) is 0 Å². The van der Waals surface area contributed by atoms with Gasteiger partial charge in [-0.05, 0) is 20.8 Å². The molecule has 5 heteroatoms. The van der Waals surface area contributed by atoms with Crippen LogP contribution in [0.2, 0.25) is 0 Å². The fourth-order valence-corrected chi connectivity index (χ4v) is 0.698. The molecule has 0 fully saturated rings. The van der Waals surface area contributed by atoms with Crippen molar-refractivity contribution < 1.29 is 14.3 Å². The van der Waals surface area contributed by atoms with Crippen LogP contribution in [0.1, 0.15) is 20.8 Å². The van der Waals surface area contributed by atoms with Gasteiger partial charge in [0.05, 0.1) is 0 Å². The summed E-state index contributed by atoms with van der Waals surface area (Å²) in [5.74, 6) is 0. The average Bonchev–Trinajstić information content (AvgIpc) is 1.85. The quantitative estimate of drug-likeness (QED) is 0.598. The summed E-state index contributed by atoms with van der Waals surface area (Å²) in [5.41, 5.74) is 9.51. The maximum Gasteiger partial charge on any atom is 0.405 e. The lowest BCUT2D eigenvalue weighted by Gasteiger charge is -2.29. The first kappa shape index (κ1) is 11.2. The first-order valence-corrected chi connectivity index (χ1v) is 3.75. The minimum atomic E-state index is -0.887. The Kier molecular flexibility index (Phi) is 3.99. The van der Waals surface area contributed by atoms with Crippen molar-refractivity contribution in [1.29, 1.82) is 0 Å². The molecule has 0 aliphatic rings. The van der Waals surface area contributed by atoms with Crippen LogP contribution in [0.25, 0.3) is 0 Å². The van der Waals surface area contributed by atoms with Crippen LogP contribution in [0, 0.1) is 0 Å². The van der Waals surface area contributed by atoms with Crippen molar-refractivity contribution in [3.63, 3.8) is 0 Å². The zero-order valence-corrected chi connectivity index (χ0v) is 7.66. The Morgan fingerprint density at radius 1 is 1.58 bits per heavy atom. The van der Waals surface area contributed by atoms with E-state index in [2.05, 4.69) is 0 Å². The third-order valence-electron chi connectivity index (χ3n) is 1.40. The van der Waals surface area contributed by atoms with E-state index in [-0.39, 0.29) is 0 Å². The molecule has 0 aromatic carbocycles. The predicted octanol–water partition coefficient (Wildman–Crippen LogP) is 0.182. The van der Waals surface area contributed by atoms with Gasteiger partial charge in [0, 0.05) is 6.61 Å². The van der Waals surface area contributed by atoms with Crippen LogP contribution in [0.3, 0.4) is 0 Å². The lowest BCUT2D eigenvalue weighted by Crippen LogP contribution is -2.49. The highest BCUT2D eigenvalue weighted by atomic mass is 16.6. The third kappa shape index (κ3) is 3.54. The second-order valence-electron chi connectivity index (χ2n) is 2.90. The number of amides is 1. The fourth-order valence-electron chi connectivity index (χ4n) is 0.698. The van der Waals surface area contributed by atoms with Crippen molar-refractivity contribution in [2.75, 3.05) is 6.61 Å². The van der Waals surface area contributed by atoms with E-state index in [1.807, 2.05) is 0 Å². The van der Waals surface area contributed by atoms with E-state index in [1.165, 1.54) is 0 Å². The maximum absolute atomic E-state index is 10.4. The van der Waals surface area contributed by atoms with Crippen LogP contribution in [0.15, 0.2) is 0 Å². The number of primary amides is 1. The van der Waals surface area contributed by atoms with E-state index >= 15 is 0 Å². The monoisotopic (exact) mass is 176 g/mol. The molecule has 12 heavy (non-hydrogen) atoms. The molecule has 0 radical (unpaired) electrons.